The highest BCUT2D eigenvalue weighted by Crippen LogP contribution is 2.47. The SMILES string of the molecule is CCOC(/C=C(/O[C@@H]1CC(C(=O)N[C@]2(C(=O)NS(=O)(=O)OC3(C)CC3)CC2CC)N(C(=O)[C@@H](NC(=O)OC(C)(C)C(F)(F)F)C(C)(C)C)C1)c1cccc(Cl)c1C)=C(C)C. The molecule has 3 N–H and O–H groups in total. The lowest BCUT2D eigenvalue weighted by Gasteiger charge is -2.36. The molecule has 14 nitrogen and oxygen atoms in total. The minimum Gasteiger partial charge on any atom is -0.494 e. The third-order valence-corrected chi connectivity index (χ3v) is 12.4. The number of halogens is 4. The van der Waals surface area contributed by atoms with Gasteiger partial charge in [-0.3, -0.25) is 14.4 Å². The Bertz CT molecular complexity index is 2010. The van der Waals surface area contributed by atoms with Crippen molar-refractivity contribution < 1.29 is 59.2 Å². The van der Waals surface area contributed by atoms with Crippen LogP contribution in [0.25, 0.3) is 5.76 Å². The van der Waals surface area contributed by atoms with E-state index in [2.05, 4.69) is 10.6 Å². The minimum absolute atomic E-state index is 0.0886. The maximum Gasteiger partial charge on any atom is 0.427 e. The first-order valence-electron chi connectivity index (χ1n) is 19.9. The van der Waals surface area contributed by atoms with Gasteiger partial charge in [-0.15, -0.1) is 0 Å². The second-order valence-electron chi connectivity index (χ2n) is 17.7. The number of nitrogens with zero attached hydrogens (tertiary/aromatic N) is 1. The van der Waals surface area contributed by atoms with Crippen molar-refractivity contribution in [1.29, 1.82) is 0 Å². The average Bonchev–Trinajstić information content (AvgIpc) is 3.97. The Hall–Kier alpha value is -4.03. The molecule has 5 atom stereocenters. The van der Waals surface area contributed by atoms with E-state index >= 15 is 0 Å². The van der Waals surface area contributed by atoms with Crippen molar-refractivity contribution in [3.63, 3.8) is 0 Å². The standard InChI is InChI=1S/C41H58ClF3N4O10S/c1-12-25-21-40(25,35(52)48-60(54,55)59-39(11)17-18-39)47-33(50)29-19-26(57-31(20-30(23(3)4)56-13-2)27-15-14-16-28(42)24(27)5)22-49(29)34(51)32(37(6,7)8)46-36(53)58-38(9,10)41(43,44)45/h14-16,20,25-26,29,32H,12-13,17-19,21-22H2,1-11H3,(H,46,53)(H,47,50)(H,48,52)/b31-20+/t25?,26-,29?,32-,40-/m1/s1. The number of alkyl carbamates (subject to hydrolysis) is 1. The monoisotopic (exact) mass is 890 g/mol. The molecule has 19 heteroatoms. The molecule has 1 heterocycles. The van der Waals surface area contributed by atoms with Gasteiger partial charge < -0.3 is 29.7 Å². The summed E-state index contributed by atoms with van der Waals surface area (Å²) in [7, 11) is -4.55. The van der Waals surface area contributed by atoms with E-state index in [-0.39, 0.29) is 19.4 Å². The molecule has 1 saturated heterocycles. The molecule has 1 aromatic rings. The van der Waals surface area contributed by atoms with Gasteiger partial charge in [0.2, 0.25) is 17.4 Å². The molecule has 4 rings (SSSR count). The van der Waals surface area contributed by atoms with Crippen LogP contribution in [0, 0.1) is 18.3 Å². The number of carbonyl (C=O) groups excluding carboxylic acids is 4. The van der Waals surface area contributed by atoms with Crippen molar-refractivity contribution in [1.82, 2.24) is 20.3 Å². The smallest absolute Gasteiger partial charge is 0.427 e. The van der Waals surface area contributed by atoms with Crippen molar-refractivity contribution in [3.8, 4) is 0 Å². The summed E-state index contributed by atoms with van der Waals surface area (Å²) in [6.45, 7) is 16.8. The summed E-state index contributed by atoms with van der Waals surface area (Å²) in [5, 5.41) is 5.47. The first-order valence-corrected chi connectivity index (χ1v) is 21.7. The zero-order valence-corrected chi connectivity index (χ0v) is 37.6. The predicted molar refractivity (Wildman–Crippen MR) is 217 cm³/mol. The van der Waals surface area contributed by atoms with Crippen LogP contribution in [-0.2, 0) is 43.1 Å². The van der Waals surface area contributed by atoms with Gasteiger partial charge in [0.15, 0.2) is 0 Å². The number of allylic oxidation sites excluding steroid dienone is 2. The third kappa shape index (κ3) is 11.5. The predicted octanol–water partition coefficient (Wildman–Crippen LogP) is 7.00. The van der Waals surface area contributed by atoms with E-state index in [4.69, 9.17) is 30.0 Å². The number of amides is 4. The number of hydrogen-bond donors (Lipinski definition) is 3. The van der Waals surface area contributed by atoms with Crippen LogP contribution in [0.15, 0.2) is 35.6 Å². The van der Waals surface area contributed by atoms with Crippen molar-refractivity contribution in [2.45, 2.75) is 149 Å². The van der Waals surface area contributed by atoms with Gasteiger partial charge in [-0.05, 0) is 96.3 Å². The van der Waals surface area contributed by atoms with Crippen molar-refractivity contribution >= 4 is 51.5 Å². The molecular weight excluding hydrogens is 833 g/mol. The second-order valence-corrected chi connectivity index (χ2v) is 19.4. The van der Waals surface area contributed by atoms with Crippen molar-refractivity contribution in [2.24, 2.45) is 11.3 Å². The van der Waals surface area contributed by atoms with Gasteiger partial charge in [0.25, 0.3) is 5.91 Å². The van der Waals surface area contributed by atoms with Gasteiger partial charge in [0, 0.05) is 23.1 Å². The van der Waals surface area contributed by atoms with E-state index < -0.39 is 86.6 Å². The van der Waals surface area contributed by atoms with Crippen LogP contribution in [0.3, 0.4) is 0 Å². The molecule has 0 bridgehead atoms. The van der Waals surface area contributed by atoms with Gasteiger partial charge in [-0.1, -0.05) is 57.8 Å². The number of alkyl halides is 3. The van der Waals surface area contributed by atoms with Crippen LogP contribution < -0.4 is 15.4 Å². The molecule has 4 amide bonds. The number of nitrogens with one attached hydrogen (secondary N) is 3. The molecule has 1 aromatic carbocycles. The van der Waals surface area contributed by atoms with Crippen LogP contribution in [-0.4, -0.2) is 91.4 Å². The summed E-state index contributed by atoms with van der Waals surface area (Å²) in [4.78, 5) is 57.1. The number of carbonyl (C=O) groups is 4. The molecule has 0 spiro atoms. The summed E-state index contributed by atoms with van der Waals surface area (Å²) >= 11 is 6.52. The van der Waals surface area contributed by atoms with Crippen LogP contribution in [0.1, 0.15) is 112 Å². The zero-order chi connectivity index (χ0) is 45.4. The second kappa shape index (κ2) is 17.8. The summed E-state index contributed by atoms with van der Waals surface area (Å²) < 4.78 is 91.1. The molecular formula is C41H58ClF3N4O10S. The Morgan fingerprint density at radius 3 is 2.22 bits per heavy atom. The largest absolute Gasteiger partial charge is 0.494 e. The molecule has 3 aliphatic rings. The Balaban J connectivity index is 1.75. The van der Waals surface area contributed by atoms with Crippen molar-refractivity contribution in [2.75, 3.05) is 13.2 Å². The van der Waals surface area contributed by atoms with Gasteiger partial charge >= 0.3 is 22.6 Å². The molecule has 2 aliphatic carbocycles. The minimum atomic E-state index is -4.93. The van der Waals surface area contributed by atoms with Crippen LogP contribution in [0.2, 0.25) is 5.02 Å². The number of hydrogen-bond acceptors (Lipinski definition) is 10. The van der Waals surface area contributed by atoms with Crippen molar-refractivity contribution in [3.05, 3.63) is 51.8 Å². The quantitative estimate of drug-likeness (QED) is 0.116. The molecule has 2 saturated carbocycles. The van der Waals surface area contributed by atoms with E-state index in [9.17, 15) is 40.8 Å². The topological polar surface area (TPSA) is 179 Å². The van der Waals surface area contributed by atoms with E-state index in [0.717, 1.165) is 10.5 Å². The fourth-order valence-corrected chi connectivity index (χ4v) is 8.15. The van der Waals surface area contributed by atoms with Crippen LogP contribution >= 0.6 is 11.6 Å². The molecule has 60 heavy (non-hydrogen) atoms. The van der Waals surface area contributed by atoms with Gasteiger partial charge in [0.05, 0.1) is 18.8 Å². The first-order chi connectivity index (χ1) is 27.5. The lowest BCUT2D eigenvalue weighted by Crippen LogP contribution is -2.60. The summed E-state index contributed by atoms with van der Waals surface area (Å²) in [6, 6.07) is 2.30. The fraction of sp³-hybridized carbons (Fsp3) is 0.659. The molecule has 1 aliphatic heterocycles. The van der Waals surface area contributed by atoms with E-state index in [0.29, 0.717) is 67.4 Å². The van der Waals surface area contributed by atoms with E-state index in [1.165, 1.54) is 0 Å². The highest BCUT2D eigenvalue weighted by atomic mass is 35.5. The Morgan fingerprint density at radius 1 is 1.07 bits per heavy atom. The molecule has 0 aromatic heterocycles. The van der Waals surface area contributed by atoms with Crippen LogP contribution in [0.5, 0.6) is 0 Å². The van der Waals surface area contributed by atoms with Gasteiger partial charge in [-0.25, -0.2) is 13.7 Å². The lowest BCUT2D eigenvalue weighted by atomic mass is 9.85. The highest BCUT2D eigenvalue weighted by molar-refractivity contribution is 7.85. The highest BCUT2D eigenvalue weighted by Gasteiger charge is 2.62. The first kappa shape index (κ1) is 48.6. The molecule has 3 fully saturated rings. The zero-order valence-electron chi connectivity index (χ0n) is 36.0. The molecule has 336 valence electrons. The molecule has 0 radical (unpaired) electrons. The number of ether oxygens (including phenoxy) is 3. The van der Waals surface area contributed by atoms with E-state index in [1.54, 1.807) is 65.8 Å². The maximum absolute atomic E-state index is 14.7. The van der Waals surface area contributed by atoms with Gasteiger partial charge in [-0.2, -0.15) is 21.6 Å². The summed E-state index contributed by atoms with van der Waals surface area (Å²) in [5.74, 6) is -2.37. The Labute approximate surface area is 355 Å². The average molecular weight is 891 g/mol. The normalized spacial score (nSPS) is 23.2. The third-order valence-electron chi connectivity index (χ3n) is 11.0. The Kier molecular flexibility index (Phi) is 14.4. The number of likely N-dealkylation sites (tertiary alicyclic amines) is 1. The number of rotatable bonds is 16. The summed E-state index contributed by atoms with van der Waals surface area (Å²) in [5.41, 5.74) is -4.60. The molecule has 2 unspecified atom stereocenters. The maximum atomic E-state index is 14.7. The lowest BCUT2D eigenvalue weighted by molar-refractivity contribution is -0.244. The van der Waals surface area contributed by atoms with E-state index in [1.807, 2.05) is 25.5 Å². The summed E-state index contributed by atoms with van der Waals surface area (Å²) in [6.07, 6.45) is -4.43. The number of benzene rings is 1. The Morgan fingerprint density at radius 2 is 1.70 bits per heavy atom. The fourth-order valence-electron chi connectivity index (χ4n) is 6.82. The van der Waals surface area contributed by atoms with Gasteiger partial charge in [0.1, 0.15) is 35.2 Å². The van der Waals surface area contributed by atoms with Crippen LogP contribution in [0.4, 0.5) is 18.0 Å².